The Morgan fingerprint density at radius 2 is 1.62 bits per heavy atom. The summed E-state index contributed by atoms with van der Waals surface area (Å²) < 4.78 is 51.6. The van der Waals surface area contributed by atoms with Crippen molar-refractivity contribution in [2.24, 2.45) is 17.8 Å². The fourth-order valence-corrected chi connectivity index (χ4v) is 9.05. The molecule has 15 atom stereocenters. The molecule has 4 heterocycles. The number of ether oxygens (including phenoxy) is 8. The Morgan fingerprint density at radius 1 is 0.962 bits per heavy atom. The number of nitrogens with zero attached hydrogens (tertiary/aromatic N) is 1. The number of methoxy groups -OCH3 is 2. The molecule has 12 heteroatoms. The second kappa shape index (κ2) is 16.6. The van der Waals surface area contributed by atoms with Gasteiger partial charge in [-0.2, -0.15) is 0 Å². The molecule has 300 valence electrons. The first-order valence-electron chi connectivity index (χ1n) is 19.4. The van der Waals surface area contributed by atoms with Gasteiger partial charge < -0.3 is 47.9 Å². The van der Waals surface area contributed by atoms with Crippen molar-refractivity contribution in [2.45, 2.75) is 193 Å². The van der Waals surface area contributed by atoms with E-state index in [-0.39, 0.29) is 24.3 Å². The number of ketones is 1. The van der Waals surface area contributed by atoms with E-state index in [1.165, 1.54) is 7.11 Å². The van der Waals surface area contributed by atoms with Crippen LogP contribution in [0, 0.1) is 17.8 Å². The third-order valence-corrected chi connectivity index (χ3v) is 12.7. The summed E-state index contributed by atoms with van der Waals surface area (Å²) in [4.78, 5) is 31.0. The van der Waals surface area contributed by atoms with Crippen LogP contribution in [-0.2, 0) is 47.5 Å². The highest BCUT2D eigenvalue weighted by atomic mass is 16.7. The molecule has 3 saturated heterocycles. The van der Waals surface area contributed by atoms with Crippen LogP contribution in [0.5, 0.6) is 0 Å². The first-order chi connectivity index (χ1) is 24.2. The van der Waals surface area contributed by atoms with Gasteiger partial charge in [0, 0.05) is 51.5 Å². The van der Waals surface area contributed by atoms with E-state index in [0.29, 0.717) is 31.1 Å². The lowest BCUT2D eigenvalue weighted by Gasteiger charge is -2.48. The minimum atomic E-state index is -1.44. The van der Waals surface area contributed by atoms with Crippen molar-refractivity contribution in [3.63, 3.8) is 0 Å². The fourth-order valence-electron chi connectivity index (χ4n) is 9.05. The van der Waals surface area contributed by atoms with Gasteiger partial charge in [0.15, 0.2) is 24.0 Å². The smallest absolute Gasteiger partial charge is 0.311 e. The Bertz CT molecular complexity index is 1290. The normalized spacial score (nSPS) is 45.3. The zero-order valence-electron chi connectivity index (χ0n) is 34.5. The van der Waals surface area contributed by atoms with Gasteiger partial charge in [-0.3, -0.25) is 9.59 Å². The van der Waals surface area contributed by atoms with Crippen molar-refractivity contribution in [2.75, 3.05) is 21.3 Å². The second-order valence-electron chi connectivity index (χ2n) is 17.0. The predicted molar refractivity (Wildman–Crippen MR) is 195 cm³/mol. The molecule has 0 radical (unpaired) electrons. The van der Waals surface area contributed by atoms with E-state index in [0.717, 1.165) is 12.0 Å². The quantitative estimate of drug-likeness (QED) is 0.297. The maximum Gasteiger partial charge on any atom is 0.311 e. The summed E-state index contributed by atoms with van der Waals surface area (Å²) in [5, 5.41) is 11.0. The van der Waals surface area contributed by atoms with Crippen molar-refractivity contribution in [3.05, 3.63) is 11.3 Å². The van der Waals surface area contributed by atoms with Gasteiger partial charge in [-0.25, -0.2) is 0 Å². The standard InChI is InChI=1S/C40H69NO11/c1-16-29-40(12,46-15)34(42)24(6)32-22(4)19-39(11,52-32)36(51-30-18-28(17-23(5)47-30)41(13)21(2)3)25(7)33(26(8)37(44)49-29)50-31-20-38(10,45-14)35(43)27(9)48-31/h21,23-31,33,35-36,43H,16-20H2,1-15H3/t23-,24+,25+,26-,27+,28+,29-,30?,31+,33+,35+,36-,38-,39-,40-/m1/s1. The van der Waals surface area contributed by atoms with Crippen LogP contribution >= 0.6 is 0 Å². The highest BCUT2D eigenvalue weighted by molar-refractivity contribution is 5.92. The Morgan fingerprint density at radius 3 is 2.19 bits per heavy atom. The Labute approximate surface area is 312 Å². The Kier molecular flexibility index (Phi) is 13.8. The van der Waals surface area contributed by atoms with Crippen LogP contribution in [0.1, 0.15) is 115 Å². The SMILES string of the molecule is CC[C@H]1OC(=O)[C@H](C)[C@@H](O[C@H]2C[C@@](C)(OC)[C@@H](O)[C@H](C)O2)[C@H](C)[C@@H](OC2C[C@@H](N(C)C(C)C)C[C@@H](C)O2)[C@@]2(C)CC(C)=C(O2)[C@H](C)C(=O)[C@]1(C)OC. The van der Waals surface area contributed by atoms with Crippen molar-refractivity contribution < 1.29 is 52.6 Å². The van der Waals surface area contributed by atoms with E-state index in [2.05, 4.69) is 32.7 Å². The van der Waals surface area contributed by atoms with Gasteiger partial charge in [0.2, 0.25) is 0 Å². The largest absolute Gasteiger partial charge is 0.488 e. The van der Waals surface area contributed by atoms with E-state index < -0.39 is 83.6 Å². The molecule has 12 nitrogen and oxygen atoms in total. The van der Waals surface area contributed by atoms with Crippen LogP contribution in [0.2, 0.25) is 0 Å². The molecule has 0 aromatic rings. The number of hydrogen-bond acceptors (Lipinski definition) is 12. The maximum atomic E-state index is 14.4. The number of allylic oxidation sites excluding steroid dienone is 1. The molecule has 2 bridgehead atoms. The number of rotatable bonds is 9. The minimum Gasteiger partial charge on any atom is -0.488 e. The van der Waals surface area contributed by atoms with E-state index in [1.807, 2.05) is 41.5 Å². The molecular formula is C40H69NO11. The van der Waals surface area contributed by atoms with Crippen molar-refractivity contribution in [1.29, 1.82) is 0 Å². The zero-order chi connectivity index (χ0) is 39.1. The van der Waals surface area contributed by atoms with E-state index >= 15 is 0 Å². The van der Waals surface area contributed by atoms with Gasteiger partial charge in [-0.1, -0.05) is 13.8 Å². The fraction of sp³-hybridized carbons (Fsp3) is 0.900. The molecule has 0 aromatic carbocycles. The lowest BCUT2D eigenvalue weighted by molar-refractivity contribution is -0.307. The summed E-state index contributed by atoms with van der Waals surface area (Å²) >= 11 is 0. The lowest BCUT2D eigenvalue weighted by atomic mass is 9.79. The molecule has 4 aliphatic rings. The number of hydrogen-bond donors (Lipinski definition) is 1. The number of aliphatic hydroxyl groups is 1. The average molecular weight is 740 g/mol. The summed E-state index contributed by atoms with van der Waals surface area (Å²) in [6.45, 7) is 23.2. The number of fused-ring (bicyclic) bond motifs is 2. The van der Waals surface area contributed by atoms with E-state index in [1.54, 1.807) is 27.9 Å². The number of aliphatic hydroxyl groups excluding tert-OH is 1. The van der Waals surface area contributed by atoms with Crippen LogP contribution in [0.4, 0.5) is 0 Å². The monoisotopic (exact) mass is 739 g/mol. The molecule has 1 unspecified atom stereocenters. The number of Topliss-reactive ketones (excluding diaryl/α,β-unsaturated/α-hetero) is 1. The molecule has 4 aliphatic heterocycles. The van der Waals surface area contributed by atoms with Crippen LogP contribution in [0.25, 0.3) is 0 Å². The highest BCUT2D eigenvalue weighted by Gasteiger charge is 2.56. The lowest BCUT2D eigenvalue weighted by Crippen LogP contribution is -2.59. The van der Waals surface area contributed by atoms with E-state index in [9.17, 15) is 14.7 Å². The molecule has 0 aromatic heterocycles. The summed E-state index contributed by atoms with van der Waals surface area (Å²) in [5.41, 5.74) is -2.40. The number of carbonyl (C=O) groups excluding carboxylic acids is 2. The first kappa shape index (κ1) is 43.1. The van der Waals surface area contributed by atoms with Crippen LogP contribution in [-0.4, -0.2) is 121 Å². The van der Waals surface area contributed by atoms with Gasteiger partial charge in [-0.15, -0.1) is 0 Å². The van der Waals surface area contributed by atoms with Gasteiger partial charge in [-0.05, 0) is 94.7 Å². The van der Waals surface area contributed by atoms with Gasteiger partial charge >= 0.3 is 5.97 Å². The molecular weight excluding hydrogens is 670 g/mol. The van der Waals surface area contributed by atoms with E-state index in [4.69, 9.17) is 37.9 Å². The Hall–Kier alpha value is -1.64. The first-order valence-corrected chi connectivity index (χ1v) is 19.4. The zero-order valence-corrected chi connectivity index (χ0v) is 34.5. The number of esters is 1. The second-order valence-corrected chi connectivity index (χ2v) is 17.0. The minimum absolute atomic E-state index is 0.0469. The Balaban J connectivity index is 1.83. The third-order valence-electron chi connectivity index (χ3n) is 12.7. The van der Waals surface area contributed by atoms with Crippen LogP contribution in [0.3, 0.4) is 0 Å². The summed E-state index contributed by atoms with van der Waals surface area (Å²) in [6, 6.07) is 0.575. The predicted octanol–water partition coefficient (Wildman–Crippen LogP) is 5.56. The summed E-state index contributed by atoms with van der Waals surface area (Å²) in [7, 11) is 5.17. The molecule has 52 heavy (non-hydrogen) atoms. The molecule has 0 spiro atoms. The highest BCUT2D eigenvalue weighted by Crippen LogP contribution is 2.47. The number of carbonyl (C=O) groups is 2. The molecule has 4 rings (SSSR count). The molecule has 0 aliphatic carbocycles. The van der Waals surface area contributed by atoms with Crippen molar-refractivity contribution in [3.8, 4) is 0 Å². The topological polar surface area (TPSA) is 131 Å². The van der Waals surface area contributed by atoms with Crippen molar-refractivity contribution in [1.82, 2.24) is 4.90 Å². The molecule has 0 amide bonds. The number of cyclic esters (lactones) is 1. The van der Waals surface area contributed by atoms with Crippen LogP contribution in [0.15, 0.2) is 11.3 Å². The van der Waals surface area contributed by atoms with Gasteiger partial charge in [0.1, 0.15) is 29.7 Å². The maximum absolute atomic E-state index is 14.4. The average Bonchev–Trinajstić information content (AvgIpc) is 3.42. The van der Waals surface area contributed by atoms with Gasteiger partial charge in [0.25, 0.3) is 0 Å². The molecule has 3 fully saturated rings. The third kappa shape index (κ3) is 8.44. The van der Waals surface area contributed by atoms with Gasteiger partial charge in [0.05, 0.1) is 35.7 Å². The summed E-state index contributed by atoms with van der Waals surface area (Å²) in [6.07, 6.45) is -2.68. The molecule has 1 N–H and O–H groups in total. The molecule has 0 saturated carbocycles. The summed E-state index contributed by atoms with van der Waals surface area (Å²) in [5.74, 6) is -2.19. The van der Waals surface area contributed by atoms with Crippen LogP contribution < -0.4 is 0 Å². The van der Waals surface area contributed by atoms with Crippen molar-refractivity contribution >= 4 is 11.8 Å².